The quantitative estimate of drug-likeness (QED) is 0.363. The molecule has 0 heterocycles. The Hall–Kier alpha value is -1.63. The van der Waals surface area contributed by atoms with Gasteiger partial charge in [-0.25, -0.2) is 0 Å². The molecule has 9 heteroatoms. The van der Waals surface area contributed by atoms with Gasteiger partial charge < -0.3 is 0 Å². The maximum absolute atomic E-state index is 11.0. The summed E-state index contributed by atoms with van der Waals surface area (Å²) in [5.74, 6) is -1.55. The number of carboxylic acids is 1. The third-order valence-corrected chi connectivity index (χ3v) is 3.83. The van der Waals surface area contributed by atoms with Crippen molar-refractivity contribution in [2.24, 2.45) is 0 Å². The van der Waals surface area contributed by atoms with Gasteiger partial charge in [-0.2, -0.15) is 0 Å². The van der Waals surface area contributed by atoms with Gasteiger partial charge in [0.2, 0.25) is 0 Å². The minimum absolute atomic E-state index is 0.565. The molecule has 0 aliphatic carbocycles. The van der Waals surface area contributed by atoms with Gasteiger partial charge in [-0.1, -0.05) is 0 Å². The molecule has 86 valence electrons. The number of aromatic carboxylic acids is 1. The number of non-ortho nitro benzene ring substituents is 1. The second-order valence-electron chi connectivity index (χ2n) is 2.81. The number of rotatable bonds is 3. The van der Waals surface area contributed by atoms with Crippen LogP contribution in [0.3, 0.4) is 0 Å². The van der Waals surface area contributed by atoms with Crippen LogP contribution in [0.25, 0.3) is 0 Å². The van der Waals surface area contributed by atoms with Crippen molar-refractivity contribution in [2.45, 2.75) is 0 Å². The van der Waals surface area contributed by atoms with E-state index < -0.39 is 40.7 Å². The molecule has 1 aromatic rings. The molecule has 0 bridgehead atoms. The van der Waals surface area contributed by atoms with Crippen LogP contribution in [0.4, 0.5) is 5.69 Å². The van der Waals surface area contributed by atoms with Crippen molar-refractivity contribution in [1.82, 2.24) is 0 Å². The topological polar surface area (TPSA) is 138 Å². The molecule has 0 atom stereocenters. The Morgan fingerprint density at radius 1 is 1.38 bits per heavy atom. The van der Waals surface area contributed by atoms with Crippen LogP contribution in [0.5, 0.6) is 0 Å². The van der Waals surface area contributed by atoms with Crippen LogP contribution >= 0.6 is 0 Å². The molecule has 0 spiro atoms. The maximum atomic E-state index is 11.0. The predicted molar refractivity (Wildman–Crippen MR) is 50.6 cm³/mol. The van der Waals surface area contributed by atoms with Gasteiger partial charge in [-0.15, -0.1) is 0 Å². The molecule has 0 aromatic heterocycles. The van der Waals surface area contributed by atoms with Crippen molar-refractivity contribution in [3.05, 3.63) is 33.9 Å². The summed E-state index contributed by atoms with van der Waals surface area (Å²) in [6.45, 7) is 0. The van der Waals surface area contributed by atoms with Gasteiger partial charge in [-0.05, 0) is 0 Å². The molecule has 0 amide bonds. The standard InChI is InChI=1S/C7H6AsNO7/c10-7(11)5-2-1-4(9(15)16)3-6(5)8(12,13)14/h1-3H,(H,10,11)(H2,12,13,14). The number of carbonyl (C=O) groups is 1. The molecule has 0 saturated heterocycles. The molecule has 16 heavy (non-hydrogen) atoms. The number of hydrogen-bond donors (Lipinski definition) is 3. The van der Waals surface area contributed by atoms with Gasteiger partial charge in [0.1, 0.15) is 0 Å². The Morgan fingerprint density at radius 2 is 1.94 bits per heavy atom. The van der Waals surface area contributed by atoms with Gasteiger partial charge in [-0.3, -0.25) is 0 Å². The van der Waals surface area contributed by atoms with Crippen molar-refractivity contribution in [1.29, 1.82) is 0 Å². The fourth-order valence-corrected chi connectivity index (χ4v) is 2.70. The van der Waals surface area contributed by atoms with Crippen LogP contribution in [-0.4, -0.2) is 38.4 Å². The molecule has 0 aliphatic rings. The van der Waals surface area contributed by atoms with E-state index in [0.29, 0.717) is 6.07 Å². The molecule has 0 fully saturated rings. The van der Waals surface area contributed by atoms with E-state index in [1.165, 1.54) is 0 Å². The third-order valence-electron chi connectivity index (χ3n) is 1.74. The van der Waals surface area contributed by atoms with E-state index in [-0.39, 0.29) is 0 Å². The number of hydrogen-bond acceptors (Lipinski definition) is 4. The minimum atomic E-state index is -5.50. The van der Waals surface area contributed by atoms with Gasteiger partial charge in [0, 0.05) is 0 Å². The Balaban J connectivity index is 3.51. The molecule has 0 unspecified atom stereocenters. The number of benzene rings is 1. The molecule has 0 aliphatic heterocycles. The zero-order valence-corrected chi connectivity index (χ0v) is 9.48. The monoisotopic (exact) mass is 291 g/mol. The first kappa shape index (κ1) is 12.4. The van der Waals surface area contributed by atoms with Crippen molar-refractivity contribution in [3.63, 3.8) is 0 Å². The number of nitro groups is 1. The number of nitro benzene ring substituents is 1. The van der Waals surface area contributed by atoms with Crippen LogP contribution in [0.2, 0.25) is 0 Å². The van der Waals surface area contributed by atoms with Crippen molar-refractivity contribution >= 4 is 30.2 Å². The first-order valence-corrected chi connectivity index (χ1v) is 7.19. The molecule has 8 nitrogen and oxygen atoms in total. The van der Waals surface area contributed by atoms with Crippen molar-refractivity contribution in [2.75, 3.05) is 0 Å². The molecular weight excluding hydrogens is 285 g/mol. The van der Waals surface area contributed by atoms with E-state index in [0.717, 1.165) is 12.1 Å². The summed E-state index contributed by atoms with van der Waals surface area (Å²) < 4.78 is 28.0. The van der Waals surface area contributed by atoms with Crippen LogP contribution in [0, 0.1) is 10.1 Å². The molecule has 0 saturated carbocycles. The third kappa shape index (κ3) is 2.48. The van der Waals surface area contributed by atoms with E-state index in [1.807, 2.05) is 0 Å². The molecule has 1 aromatic carbocycles. The van der Waals surface area contributed by atoms with E-state index in [1.54, 1.807) is 0 Å². The van der Waals surface area contributed by atoms with E-state index in [4.69, 9.17) is 13.3 Å². The summed E-state index contributed by atoms with van der Waals surface area (Å²) in [4.78, 5) is 20.2. The summed E-state index contributed by atoms with van der Waals surface area (Å²) in [6.07, 6.45) is 0. The summed E-state index contributed by atoms with van der Waals surface area (Å²) in [7, 11) is 0. The molecular formula is C7H6AsNO7. The summed E-state index contributed by atoms with van der Waals surface area (Å²) in [5.41, 5.74) is -1.19. The van der Waals surface area contributed by atoms with Crippen LogP contribution in [-0.2, 0) is 3.74 Å². The van der Waals surface area contributed by atoms with E-state index in [9.17, 15) is 18.6 Å². The van der Waals surface area contributed by atoms with Crippen LogP contribution in [0.15, 0.2) is 18.2 Å². The van der Waals surface area contributed by atoms with Gasteiger partial charge in [0.05, 0.1) is 0 Å². The first-order valence-electron chi connectivity index (χ1n) is 3.81. The van der Waals surface area contributed by atoms with Gasteiger partial charge >= 0.3 is 90.8 Å². The summed E-state index contributed by atoms with van der Waals surface area (Å²) >= 11 is -5.50. The van der Waals surface area contributed by atoms with E-state index in [2.05, 4.69) is 0 Å². The summed E-state index contributed by atoms with van der Waals surface area (Å²) in [6, 6.07) is 2.26. The molecule has 1 rings (SSSR count). The van der Waals surface area contributed by atoms with E-state index >= 15 is 0 Å². The Bertz CT molecular complexity index is 505. The first-order chi connectivity index (χ1) is 7.23. The van der Waals surface area contributed by atoms with Crippen molar-refractivity contribution in [3.8, 4) is 0 Å². The zero-order valence-electron chi connectivity index (χ0n) is 7.60. The average Bonchev–Trinajstić information content (AvgIpc) is 2.15. The predicted octanol–water partition coefficient (Wildman–Crippen LogP) is -1.15. The van der Waals surface area contributed by atoms with Gasteiger partial charge in [0.15, 0.2) is 0 Å². The fraction of sp³-hybridized carbons (Fsp3) is 0. The molecule has 3 N–H and O–H groups in total. The normalized spacial score (nSPS) is 11.1. The average molecular weight is 291 g/mol. The Kier molecular flexibility index (Phi) is 3.18. The molecule has 0 radical (unpaired) electrons. The second-order valence-corrected chi connectivity index (χ2v) is 6.10. The van der Waals surface area contributed by atoms with Crippen LogP contribution < -0.4 is 4.35 Å². The summed E-state index contributed by atoms with van der Waals surface area (Å²) in [5, 5.41) is 19.0. The number of nitrogens with zero attached hydrogens (tertiary/aromatic N) is 1. The van der Waals surface area contributed by atoms with Gasteiger partial charge in [0.25, 0.3) is 0 Å². The Labute approximate surface area is 91.3 Å². The zero-order chi connectivity index (χ0) is 12.5. The SMILES string of the molecule is O=C(O)c1ccc([N+](=O)[O-])cc1[As](=O)(O)O. The van der Waals surface area contributed by atoms with Crippen molar-refractivity contribution < 1.29 is 26.8 Å². The fourth-order valence-electron chi connectivity index (χ4n) is 1.06. The number of carboxylic acid groups (broad SMARTS) is 1. The second kappa shape index (κ2) is 4.09. The Morgan fingerprint density at radius 3 is 2.31 bits per heavy atom. The van der Waals surface area contributed by atoms with Crippen LogP contribution in [0.1, 0.15) is 10.4 Å².